The third-order valence-electron chi connectivity index (χ3n) is 2.98. The van der Waals surface area contributed by atoms with Crippen LogP contribution in [0.15, 0.2) is 0 Å². The molecule has 0 aromatic rings. The number of sulfone groups is 1. The van der Waals surface area contributed by atoms with Crippen LogP contribution in [0.3, 0.4) is 0 Å². The Morgan fingerprint density at radius 2 is 2.28 bits per heavy atom. The van der Waals surface area contributed by atoms with Crippen LogP contribution in [0.2, 0.25) is 0 Å². The molecule has 2 atom stereocenters. The zero-order chi connectivity index (χ0) is 13.8. The second kappa shape index (κ2) is 6.05. The monoisotopic (exact) mass is 273 g/mol. The van der Waals surface area contributed by atoms with Gasteiger partial charge in [-0.3, -0.25) is 0 Å². The molecule has 7 heteroatoms. The van der Waals surface area contributed by atoms with Gasteiger partial charge in [0.1, 0.15) is 0 Å². The topological polar surface area (TPSA) is 90.3 Å². The summed E-state index contributed by atoms with van der Waals surface area (Å²) in [6.07, 6.45) is 0.612. The lowest BCUT2D eigenvalue weighted by molar-refractivity contribution is 0.204. The number of hydrogen-bond acceptors (Lipinski definition) is 4. The van der Waals surface area contributed by atoms with Gasteiger partial charge in [0, 0.05) is 20.1 Å². The third-order valence-corrected chi connectivity index (χ3v) is 4.82. The number of carbonyl (C=O) groups excluding carboxylic acids is 1. The molecule has 2 amide bonds. The molecule has 1 saturated heterocycles. The highest BCUT2D eigenvalue weighted by atomic mass is 32.2. The Hall–Kier alpha value is -1.29. The lowest BCUT2D eigenvalue weighted by atomic mass is 10.1. The van der Waals surface area contributed by atoms with E-state index in [1.54, 1.807) is 14.0 Å². The number of nitrogens with zero attached hydrogens (tertiary/aromatic N) is 2. The molecule has 1 fully saturated rings. The molecule has 0 aliphatic carbocycles. The molecule has 6 nitrogen and oxygen atoms in total. The van der Waals surface area contributed by atoms with E-state index in [2.05, 4.69) is 11.4 Å². The number of nitriles is 1. The van der Waals surface area contributed by atoms with Gasteiger partial charge in [0.25, 0.3) is 0 Å². The highest BCUT2D eigenvalue weighted by molar-refractivity contribution is 7.91. The lowest BCUT2D eigenvalue weighted by Crippen LogP contribution is -2.41. The van der Waals surface area contributed by atoms with Crippen molar-refractivity contribution in [1.82, 2.24) is 10.2 Å². The Morgan fingerprint density at radius 1 is 1.61 bits per heavy atom. The quantitative estimate of drug-likeness (QED) is 0.793. The summed E-state index contributed by atoms with van der Waals surface area (Å²) in [5.74, 6) is 0.175. The molecule has 0 radical (unpaired) electrons. The van der Waals surface area contributed by atoms with Crippen LogP contribution < -0.4 is 5.32 Å². The standard InChI is InChI=1S/C11H19N3O3S/c1-9(5-12)7-14(2)11(15)13-6-10-3-4-18(16,17)8-10/h9-10H,3-4,6-8H2,1-2H3,(H,13,15)/t9-,10-/m1/s1. The highest BCUT2D eigenvalue weighted by Crippen LogP contribution is 2.17. The molecular formula is C11H19N3O3S. The molecule has 18 heavy (non-hydrogen) atoms. The van der Waals surface area contributed by atoms with Gasteiger partial charge in [0.05, 0.1) is 23.5 Å². The van der Waals surface area contributed by atoms with E-state index in [1.807, 2.05) is 0 Å². The fraction of sp³-hybridized carbons (Fsp3) is 0.818. The predicted octanol–water partition coefficient (Wildman–Crippen LogP) is 0.222. The van der Waals surface area contributed by atoms with Gasteiger partial charge in [0.2, 0.25) is 0 Å². The first-order chi connectivity index (χ1) is 8.34. The van der Waals surface area contributed by atoms with Crippen molar-refractivity contribution < 1.29 is 13.2 Å². The Morgan fingerprint density at radius 3 is 2.78 bits per heavy atom. The first-order valence-corrected chi connectivity index (χ1v) is 7.75. The first-order valence-electron chi connectivity index (χ1n) is 5.93. The average Bonchev–Trinajstić information content (AvgIpc) is 2.65. The summed E-state index contributed by atoms with van der Waals surface area (Å²) < 4.78 is 22.5. The van der Waals surface area contributed by atoms with Crippen molar-refractivity contribution in [3.8, 4) is 6.07 Å². The van der Waals surface area contributed by atoms with Crippen LogP contribution in [0, 0.1) is 23.2 Å². The van der Waals surface area contributed by atoms with Gasteiger partial charge < -0.3 is 10.2 Å². The fourth-order valence-electron chi connectivity index (χ4n) is 1.93. The Balaban J connectivity index is 2.31. The van der Waals surface area contributed by atoms with Crippen LogP contribution in [0.5, 0.6) is 0 Å². The Bertz CT molecular complexity index is 441. The SMILES string of the molecule is C[C@H](C#N)CN(C)C(=O)NC[C@H]1CCS(=O)(=O)C1. The molecule has 0 bridgehead atoms. The second-order valence-corrected chi connectivity index (χ2v) is 7.09. The van der Waals surface area contributed by atoms with Gasteiger partial charge in [0.15, 0.2) is 9.84 Å². The first kappa shape index (κ1) is 14.8. The molecule has 1 aliphatic rings. The van der Waals surface area contributed by atoms with Crippen molar-refractivity contribution in [3.05, 3.63) is 0 Å². The maximum Gasteiger partial charge on any atom is 0.317 e. The van der Waals surface area contributed by atoms with Crippen molar-refractivity contribution in [2.45, 2.75) is 13.3 Å². The normalized spacial score (nSPS) is 23.1. The average molecular weight is 273 g/mol. The number of rotatable bonds is 4. The van der Waals surface area contributed by atoms with Crippen molar-refractivity contribution >= 4 is 15.9 Å². The van der Waals surface area contributed by atoms with Crippen molar-refractivity contribution in [1.29, 1.82) is 5.26 Å². The molecule has 0 spiro atoms. The zero-order valence-electron chi connectivity index (χ0n) is 10.7. The number of urea groups is 1. The highest BCUT2D eigenvalue weighted by Gasteiger charge is 2.28. The number of nitrogens with one attached hydrogen (secondary N) is 1. The van der Waals surface area contributed by atoms with E-state index in [0.717, 1.165) is 0 Å². The molecule has 1 N–H and O–H groups in total. The summed E-state index contributed by atoms with van der Waals surface area (Å²) in [7, 11) is -1.27. The summed E-state index contributed by atoms with van der Waals surface area (Å²) in [5.41, 5.74) is 0. The van der Waals surface area contributed by atoms with E-state index in [0.29, 0.717) is 19.5 Å². The molecular weight excluding hydrogens is 254 g/mol. The minimum absolute atomic E-state index is 0.0146. The molecule has 0 saturated carbocycles. The van der Waals surface area contributed by atoms with Crippen LogP contribution in [0.25, 0.3) is 0 Å². The molecule has 0 aromatic heterocycles. The van der Waals surface area contributed by atoms with Gasteiger partial charge in [-0.05, 0) is 19.3 Å². The molecule has 1 rings (SSSR count). The van der Waals surface area contributed by atoms with Gasteiger partial charge in [-0.25, -0.2) is 13.2 Å². The van der Waals surface area contributed by atoms with Gasteiger partial charge in [-0.2, -0.15) is 5.26 Å². The maximum absolute atomic E-state index is 11.7. The van der Waals surface area contributed by atoms with E-state index in [4.69, 9.17) is 5.26 Å². The van der Waals surface area contributed by atoms with E-state index in [1.165, 1.54) is 4.90 Å². The van der Waals surface area contributed by atoms with Crippen LogP contribution >= 0.6 is 0 Å². The maximum atomic E-state index is 11.7. The predicted molar refractivity (Wildman–Crippen MR) is 67.6 cm³/mol. The minimum atomic E-state index is -2.89. The number of carbonyl (C=O) groups is 1. The smallest absolute Gasteiger partial charge is 0.317 e. The number of amides is 2. The van der Waals surface area contributed by atoms with Crippen LogP contribution in [-0.2, 0) is 9.84 Å². The number of hydrogen-bond donors (Lipinski definition) is 1. The summed E-state index contributed by atoms with van der Waals surface area (Å²) in [6.45, 7) is 2.49. The minimum Gasteiger partial charge on any atom is -0.338 e. The molecule has 1 aliphatic heterocycles. The van der Waals surface area contributed by atoms with Gasteiger partial charge in [-0.15, -0.1) is 0 Å². The summed E-state index contributed by atoms with van der Waals surface area (Å²) in [4.78, 5) is 13.1. The van der Waals surface area contributed by atoms with Gasteiger partial charge in [-0.1, -0.05) is 0 Å². The zero-order valence-corrected chi connectivity index (χ0v) is 11.5. The van der Waals surface area contributed by atoms with E-state index in [9.17, 15) is 13.2 Å². The summed E-state index contributed by atoms with van der Waals surface area (Å²) >= 11 is 0. The molecule has 0 unspecified atom stereocenters. The molecule has 0 aromatic carbocycles. The van der Waals surface area contributed by atoms with E-state index >= 15 is 0 Å². The second-order valence-electron chi connectivity index (χ2n) is 4.87. The van der Waals surface area contributed by atoms with Crippen molar-refractivity contribution in [2.75, 3.05) is 31.6 Å². The van der Waals surface area contributed by atoms with Crippen molar-refractivity contribution in [3.63, 3.8) is 0 Å². The summed E-state index contributed by atoms with van der Waals surface area (Å²) in [6, 6.07) is 1.80. The van der Waals surface area contributed by atoms with Gasteiger partial charge >= 0.3 is 6.03 Å². The van der Waals surface area contributed by atoms with Crippen LogP contribution in [0.1, 0.15) is 13.3 Å². The summed E-state index contributed by atoms with van der Waals surface area (Å²) in [5, 5.41) is 11.4. The van der Waals surface area contributed by atoms with Crippen LogP contribution in [0.4, 0.5) is 4.79 Å². The molecule has 1 heterocycles. The van der Waals surface area contributed by atoms with E-state index < -0.39 is 9.84 Å². The van der Waals surface area contributed by atoms with Crippen molar-refractivity contribution in [2.24, 2.45) is 11.8 Å². The van der Waals surface area contributed by atoms with E-state index in [-0.39, 0.29) is 29.4 Å². The third kappa shape index (κ3) is 4.53. The lowest BCUT2D eigenvalue weighted by Gasteiger charge is -2.20. The largest absolute Gasteiger partial charge is 0.338 e. The Labute approximate surface area is 108 Å². The van der Waals surface area contributed by atoms with Crippen LogP contribution in [-0.4, -0.2) is 51.0 Å². The molecule has 102 valence electrons. The fourth-order valence-corrected chi connectivity index (χ4v) is 3.80. The Kier molecular flexibility index (Phi) is 4.96.